The Bertz CT molecular complexity index is 318. The quantitative estimate of drug-likeness (QED) is 0.514. The molecule has 0 unspecified atom stereocenters. The normalized spacial score (nSPS) is 18.9. The minimum Gasteiger partial charge on any atom is -0.469 e. The van der Waals surface area contributed by atoms with E-state index in [0.29, 0.717) is 25.9 Å². The lowest BCUT2D eigenvalue weighted by atomic mass is 10.0. The molecule has 1 aliphatic rings. The number of nitrogens with zero attached hydrogens (tertiary/aromatic N) is 1. The van der Waals surface area contributed by atoms with Crippen LogP contribution in [0, 0.1) is 0 Å². The molecule has 0 aromatic rings. The molecule has 0 spiro atoms. The topological polar surface area (TPSA) is 70.7 Å². The first-order valence-corrected chi connectivity index (χ1v) is 6.75. The molecular formula is C13H25N3O3. The summed E-state index contributed by atoms with van der Waals surface area (Å²) < 4.78 is 4.54. The number of methoxy groups -OCH3 is 1. The van der Waals surface area contributed by atoms with Crippen molar-refractivity contribution < 1.29 is 14.3 Å². The van der Waals surface area contributed by atoms with Crippen molar-refractivity contribution >= 4 is 11.9 Å². The molecule has 0 aromatic carbocycles. The molecule has 6 nitrogen and oxygen atoms in total. The Labute approximate surface area is 114 Å². The number of esters is 1. The fourth-order valence-corrected chi connectivity index (χ4v) is 2.11. The summed E-state index contributed by atoms with van der Waals surface area (Å²) in [6.07, 6.45) is 0.958. The number of amides is 1. The Balaban J connectivity index is 2.21. The molecule has 6 heteroatoms. The van der Waals surface area contributed by atoms with Gasteiger partial charge in [0.05, 0.1) is 13.7 Å². The van der Waals surface area contributed by atoms with Gasteiger partial charge in [-0.15, -0.1) is 0 Å². The van der Waals surface area contributed by atoms with Gasteiger partial charge in [0.25, 0.3) is 0 Å². The third kappa shape index (κ3) is 5.57. The van der Waals surface area contributed by atoms with E-state index in [4.69, 9.17) is 0 Å². The lowest BCUT2D eigenvalue weighted by molar-refractivity contribution is -0.140. The third-order valence-corrected chi connectivity index (χ3v) is 3.41. The fourth-order valence-electron chi connectivity index (χ4n) is 2.11. The average Bonchev–Trinajstić information content (AvgIpc) is 2.36. The zero-order chi connectivity index (χ0) is 14.3. The zero-order valence-electron chi connectivity index (χ0n) is 12.1. The minimum absolute atomic E-state index is 0.00159. The van der Waals surface area contributed by atoms with Crippen LogP contribution < -0.4 is 10.6 Å². The van der Waals surface area contributed by atoms with Crippen molar-refractivity contribution in [3.05, 3.63) is 0 Å². The monoisotopic (exact) mass is 271 g/mol. The Kier molecular flexibility index (Phi) is 6.24. The molecule has 1 saturated heterocycles. The van der Waals surface area contributed by atoms with Gasteiger partial charge in [-0.1, -0.05) is 0 Å². The van der Waals surface area contributed by atoms with E-state index in [0.717, 1.165) is 19.6 Å². The van der Waals surface area contributed by atoms with Crippen LogP contribution in [0.1, 0.15) is 26.7 Å². The molecule has 1 amide bonds. The predicted octanol–water partition coefficient (Wildman–Crippen LogP) is -0.260. The van der Waals surface area contributed by atoms with Crippen LogP contribution >= 0.6 is 0 Å². The van der Waals surface area contributed by atoms with Gasteiger partial charge in [-0.25, -0.2) is 0 Å². The van der Waals surface area contributed by atoms with Crippen LogP contribution in [0.4, 0.5) is 0 Å². The first kappa shape index (κ1) is 15.9. The SMILES string of the molecule is COC(=O)CCCNC(=O)CN1CCNCC1(C)C. The zero-order valence-corrected chi connectivity index (χ0v) is 12.1. The highest BCUT2D eigenvalue weighted by atomic mass is 16.5. The van der Waals surface area contributed by atoms with Crippen molar-refractivity contribution in [3.63, 3.8) is 0 Å². The van der Waals surface area contributed by atoms with Gasteiger partial charge < -0.3 is 15.4 Å². The van der Waals surface area contributed by atoms with Crippen molar-refractivity contribution in [3.8, 4) is 0 Å². The second-order valence-corrected chi connectivity index (χ2v) is 5.44. The largest absolute Gasteiger partial charge is 0.469 e. The van der Waals surface area contributed by atoms with E-state index in [1.54, 1.807) is 0 Å². The van der Waals surface area contributed by atoms with Crippen molar-refractivity contribution in [2.45, 2.75) is 32.2 Å². The van der Waals surface area contributed by atoms with Crippen molar-refractivity contribution in [1.29, 1.82) is 0 Å². The van der Waals surface area contributed by atoms with Crippen LogP contribution in [-0.4, -0.2) is 62.1 Å². The van der Waals surface area contributed by atoms with Crippen LogP contribution in [0.5, 0.6) is 0 Å². The van der Waals surface area contributed by atoms with Crippen LogP contribution in [-0.2, 0) is 14.3 Å². The van der Waals surface area contributed by atoms with Crippen molar-refractivity contribution in [1.82, 2.24) is 15.5 Å². The van der Waals surface area contributed by atoms with E-state index in [1.165, 1.54) is 7.11 Å². The molecule has 110 valence electrons. The lowest BCUT2D eigenvalue weighted by Gasteiger charge is -2.42. The average molecular weight is 271 g/mol. The highest BCUT2D eigenvalue weighted by molar-refractivity contribution is 5.78. The summed E-state index contributed by atoms with van der Waals surface area (Å²) in [6, 6.07) is 0. The number of hydrogen-bond acceptors (Lipinski definition) is 5. The van der Waals surface area contributed by atoms with Gasteiger partial charge in [0.2, 0.25) is 5.91 Å². The molecule has 0 aromatic heterocycles. The first-order chi connectivity index (χ1) is 8.95. The van der Waals surface area contributed by atoms with Gasteiger partial charge in [-0.05, 0) is 20.3 Å². The molecule has 1 rings (SSSR count). The Morgan fingerprint density at radius 1 is 1.42 bits per heavy atom. The number of ether oxygens (including phenoxy) is 1. The molecule has 19 heavy (non-hydrogen) atoms. The van der Waals surface area contributed by atoms with Gasteiger partial charge in [0, 0.05) is 38.1 Å². The first-order valence-electron chi connectivity index (χ1n) is 6.75. The molecular weight excluding hydrogens is 246 g/mol. The smallest absolute Gasteiger partial charge is 0.305 e. The van der Waals surface area contributed by atoms with Crippen LogP contribution in [0.3, 0.4) is 0 Å². The molecule has 0 radical (unpaired) electrons. The van der Waals surface area contributed by atoms with E-state index in [-0.39, 0.29) is 17.4 Å². The molecule has 2 N–H and O–H groups in total. The number of nitrogens with one attached hydrogen (secondary N) is 2. The highest BCUT2D eigenvalue weighted by Gasteiger charge is 2.30. The van der Waals surface area contributed by atoms with Gasteiger partial charge in [0.1, 0.15) is 0 Å². The number of carbonyl (C=O) groups excluding carboxylic acids is 2. The van der Waals surface area contributed by atoms with Crippen LogP contribution in [0.25, 0.3) is 0 Å². The van der Waals surface area contributed by atoms with E-state index >= 15 is 0 Å². The van der Waals surface area contributed by atoms with Crippen molar-refractivity contribution in [2.24, 2.45) is 0 Å². The summed E-state index contributed by atoms with van der Waals surface area (Å²) in [5.41, 5.74) is 0.00159. The van der Waals surface area contributed by atoms with E-state index in [2.05, 4.69) is 34.1 Å². The molecule has 1 heterocycles. The molecule has 0 aliphatic carbocycles. The Morgan fingerprint density at radius 2 is 2.16 bits per heavy atom. The molecule has 1 aliphatic heterocycles. The maximum atomic E-state index is 11.8. The minimum atomic E-state index is -0.238. The van der Waals surface area contributed by atoms with Crippen molar-refractivity contribution in [2.75, 3.05) is 39.8 Å². The Morgan fingerprint density at radius 3 is 2.79 bits per heavy atom. The van der Waals surface area contributed by atoms with Crippen LogP contribution in [0.2, 0.25) is 0 Å². The number of hydrogen-bond donors (Lipinski definition) is 2. The number of rotatable bonds is 6. The summed E-state index contributed by atoms with van der Waals surface area (Å²) >= 11 is 0. The summed E-state index contributed by atoms with van der Waals surface area (Å²) in [5.74, 6) is -0.225. The summed E-state index contributed by atoms with van der Waals surface area (Å²) in [6.45, 7) is 7.87. The summed E-state index contributed by atoms with van der Waals surface area (Å²) in [7, 11) is 1.37. The van der Waals surface area contributed by atoms with Gasteiger partial charge >= 0.3 is 5.97 Å². The summed E-state index contributed by atoms with van der Waals surface area (Å²) in [5, 5.41) is 6.16. The maximum Gasteiger partial charge on any atom is 0.305 e. The fraction of sp³-hybridized carbons (Fsp3) is 0.846. The molecule has 0 bridgehead atoms. The van der Waals surface area contributed by atoms with E-state index in [1.807, 2.05) is 0 Å². The lowest BCUT2D eigenvalue weighted by Crippen LogP contribution is -2.59. The second kappa shape index (κ2) is 7.45. The van der Waals surface area contributed by atoms with E-state index in [9.17, 15) is 9.59 Å². The van der Waals surface area contributed by atoms with Gasteiger partial charge in [0.15, 0.2) is 0 Å². The molecule has 0 atom stereocenters. The van der Waals surface area contributed by atoms with E-state index < -0.39 is 0 Å². The standard InChI is InChI=1S/C13H25N3O3/c1-13(2)10-14-7-8-16(13)9-11(17)15-6-4-5-12(18)19-3/h14H,4-10H2,1-3H3,(H,15,17). The summed E-state index contributed by atoms with van der Waals surface area (Å²) in [4.78, 5) is 24.9. The Hall–Kier alpha value is -1.14. The maximum absolute atomic E-state index is 11.8. The second-order valence-electron chi connectivity index (χ2n) is 5.44. The predicted molar refractivity (Wildman–Crippen MR) is 72.8 cm³/mol. The van der Waals surface area contributed by atoms with Gasteiger partial charge in [-0.3, -0.25) is 14.5 Å². The number of carbonyl (C=O) groups is 2. The third-order valence-electron chi connectivity index (χ3n) is 3.41. The van der Waals surface area contributed by atoms with Gasteiger partial charge in [-0.2, -0.15) is 0 Å². The number of piperazine rings is 1. The molecule has 0 saturated carbocycles. The van der Waals surface area contributed by atoms with Crippen LogP contribution in [0.15, 0.2) is 0 Å². The highest BCUT2D eigenvalue weighted by Crippen LogP contribution is 2.15. The molecule has 1 fully saturated rings.